The molecule has 1 aliphatic rings. The summed E-state index contributed by atoms with van der Waals surface area (Å²) < 4.78 is 25.9. The number of sulfonamides is 1. The first kappa shape index (κ1) is 18.0. The minimum absolute atomic E-state index is 0.0632. The molecule has 0 saturated carbocycles. The zero-order valence-electron chi connectivity index (χ0n) is 13.9. The molecule has 1 N–H and O–H groups in total. The van der Waals surface area contributed by atoms with Gasteiger partial charge in [0, 0.05) is 12.1 Å². The van der Waals surface area contributed by atoms with E-state index in [0.717, 1.165) is 5.56 Å². The molecule has 1 fully saturated rings. The topological polar surface area (TPSA) is 92.3 Å². The summed E-state index contributed by atoms with van der Waals surface area (Å²) in [5.41, 5.74) is 0.925. The normalized spacial score (nSPS) is 18.4. The summed E-state index contributed by atoms with van der Waals surface area (Å²) in [6, 6.07) is 8.90. The lowest BCUT2D eigenvalue weighted by atomic mass is 10.2. The van der Waals surface area contributed by atoms with Crippen molar-refractivity contribution in [1.82, 2.24) is 14.5 Å². The Balaban J connectivity index is 1.71. The highest BCUT2D eigenvalue weighted by atomic mass is 32.2. The quantitative estimate of drug-likeness (QED) is 0.830. The number of amides is 1. The highest BCUT2D eigenvalue weighted by Gasteiger charge is 2.38. The fourth-order valence-corrected chi connectivity index (χ4v) is 5.37. The van der Waals surface area contributed by atoms with Gasteiger partial charge in [0.05, 0.1) is 5.75 Å². The zero-order chi connectivity index (χ0) is 17.9. The number of hydrogen-bond donors (Lipinski definition) is 1. The molecule has 0 spiro atoms. The molecule has 3 rings (SSSR count). The summed E-state index contributed by atoms with van der Waals surface area (Å²) in [6.07, 6.45) is 1.75. The van der Waals surface area contributed by atoms with Crippen molar-refractivity contribution in [1.29, 1.82) is 0 Å². The second-order valence-corrected chi connectivity index (χ2v) is 8.87. The van der Waals surface area contributed by atoms with Crippen LogP contribution in [0.15, 0.2) is 30.3 Å². The smallest absolute Gasteiger partial charge is 0.244 e. The highest BCUT2D eigenvalue weighted by Crippen LogP contribution is 2.27. The van der Waals surface area contributed by atoms with Crippen LogP contribution < -0.4 is 5.32 Å². The molecule has 1 aromatic heterocycles. The van der Waals surface area contributed by atoms with E-state index in [0.29, 0.717) is 35.9 Å². The van der Waals surface area contributed by atoms with E-state index in [-0.39, 0.29) is 11.7 Å². The van der Waals surface area contributed by atoms with Gasteiger partial charge in [-0.25, -0.2) is 8.42 Å². The summed E-state index contributed by atoms with van der Waals surface area (Å²) >= 11 is 1.27. The van der Waals surface area contributed by atoms with Crippen LogP contribution in [0.3, 0.4) is 0 Å². The van der Waals surface area contributed by atoms with Crippen molar-refractivity contribution in [3.05, 3.63) is 30.3 Å². The lowest BCUT2D eigenvalue weighted by Crippen LogP contribution is -2.44. The SMILES string of the molecule is CCCS(=O)(=O)N1CCC[C@@H]1C(=O)Nc1nnc(-c2ccccc2)s1. The van der Waals surface area contributed by atoms with Gasteiger partial charge in [-0.15, -0.1) is 10.2 Å². The molecule has 2 heterocycles. The summed E-state index contributed by atoms with van der Waals surface area (Å²) in [5, 5.41) is 11.9. The lowest BCUT2D eigenvalue weighted by molar-refractivity contribution is -0.119. The van der Waals surface area contributed by atoms with Crippen molar-refractivity contribution < 1.29 is 13.2 Å². The lowest BCUT2D eigenvalue weighted by Gasteiger charge is -2.22. The van der Waals surface area contributed by atoms with Crippen LogP contribution in [-0.4, -0.2) is 47.2 Å². The predicted octanol–water partition coefficient (Wildman–Crippen LogP) is 2.35. The maximum atomic E-state index is 12.5. The first-order valence-electron chi connectivity index (χ1n) is 8.20. The average molecular weight is 380 g/mol. The maximum Gasteiger partial charge on any atom is 0.244 e. The molecule has 134 valence electrons. The highest BCUT2D eigenvalue weighted by molar-refractivity contribution is 7.89. The maximum absolute atomic E-state index is 12.5. The van der Waals surface area contributed by atoms with Crippen LogP contribution in [0, 0.1) is 0 Å². The average Bonchev–Trinajstić information content (AvgIpc) is 3.25. The number of aromatic nitrogens is 2. The van der Waals surface area contributed by atoms with E-state index in [2.05, 4.69) is 15.5 Å². The summed E-state index contributed by atoms with van der Waals surface area (Å²) in [5.74, 6) is -0.277. The minimum atomic E-state index is -3.39. The Morgan fingerprint density at radius 1 is 1.32 bits per heavy atom. The summed E-state index contributed by atoms with van der Waals surface area (Å²) in [7, 11) is -3.39. The Labute approximate surface area is 151 Å². The molecule has 1 atom stereocenters. The summed E-state index contributed by atoms with van der Waals surface area (Å²) in [6.45, 7) is 2.21. The van der Waals surface area contributed by atoms with Gasteiger partial charge in [0.25, 0.3) is 0 Å². The minimum Gasteiger partial charge on any atom is -0.299 e. The van der Waals surface area contributed by atoms with E-state index in [1.165, 1.54) is 15.6 Å². The molecule has 1 saturated heterocycles. The third-order valence-electron chi connectivity index (χ3n) is 4.00. The second-order valence-electron chi connectivity index (χ2n) is 5.85. The van der Waals surface area contributed by atoms with Crippen molar-refractivity contribution in [2.24, 2.45) is 0 Å². The van der Waals surface area contributed by atoms with Crippen LogP contribution in [-0.2, 0) is 14.8 Å². The fraction of sp³-hybridized carbons (Fsp3) is 0.438. The van der Waals surface area contributed by atoms with Crippen LogP contribution in [0.1, 0.15) is 26.2 Å². The number of carbonyl (C=O) groups is 1. The van der Waals surface area contributed by atoms with Gasteiger partial charge < -0.3 is 0 Å². The third-order valence-corrected chi connectivity index (χ3v) is 6.97. The Kier molecular flexibility index (Phi) is 5.45. The molecular formula is C16H20N4O3S2. The Morgan fingerprint density at radius 2 is 2.08 bits per heavy atom. The number of carbonyl (C=O) groups excluding carboxylic acids is 1. The molecule has 0 bridgehead atoms. The van der Waals surface area contributed by atoms with Gasteiger partial charge >= 0.3 is 0 Å². The van der Waals surface area contributed by atoms with Crippen molar-refractivity contribution in [2.45, 2.75) is 32.2 Å². The van der Waals surface area contributed by atoms with Gasteiger partial charge in [0.2, 0.25) is 21.1 Å². The van der Waals surface area contributed by atoms with Crippen molar-refractivity contribution in [2.75, 3.05) is 17.6 Å². The van der Waals surface area contributed by atoms with E-state index in [9.17, 15) is 13.2 Å². The first-order chi connectivity index (χ1) is 12.0. The molecule has 0 aliphatic carbocycles. The number of benzene rings is 1. The van der Waals surface area contributed by atoms with Gasteiger partial charge in [-0.1, -0.05) is 48.6 Å². The number of nitrogens with zero attached hydrogens (tertiary/aromatic N) is 3. The number of rotatable bonds is 6. The Hall–Kier alpha value is -1.84. The van der Waals surface area contributed by atoms with Gasteiger partial charge in [0.15, 0.2) is 0 Å². The van der Waals surface area contributed by atoms with Crippen molar-refractivity contribution in [3.63, 3.8) is 0 Å². The van der Waals surface area contributed by atoms with E-state index in [1.807, 2.05) is 37.3 Å². The number of anilines is 1. The van der Waals surface area contributed by atoms with Crippen LogP contribution in [0.4, 0.5) is 5.13 Å². The molecule has 2 aromatic rings. The molecule has 1 aromatic carbocycles. The molecular weight excluding hydrogens is 360 g/mol. The van der Waals surface area contributed by atoms with Crippen LogP contribution >= 0.6 is 11.3 Å². The van der Waals surface area contributed by atoms with E-state index < -0.39 is 16.1 Å². The standard InChI is InChI=1S/C16H20N4O3S2/c1-2-11-25(22,23)20-10-6-9-13(20)14(21)17-16-19-18-15(24-16)12-7-4-3-5-8-12/h3-5,7-8,13H,2,6,9-11H2,1H3,(H,17,19,21)/t13-/m1/s1. The monoisotopic (exact) mass is 380 g/mol. The molecule has 1 aliphatic heterocycles. The van der Waals surface area contributed by atoms with Crippen LogP contribution in [0.2, 0.25) is 0 Å². The number of hydrogen-bond acceptors (Lipinski definition) is 6. The Bertz CT molecular complexity index is 836. The second kappa shape index (κ2) is 7.59. The van der Waals surface area contributed by atoms with Gasteiger partial charge in [0.1, 0.15) is 11.0 Å². The van der Waals surface area contributed by atoms with Gasteiger partial charge in [-0.3, -0.25) is 10.1 Å². The molecule has 0 unspecified atom stereocenters. The Morgan fingerprint density at radius 3 is 2.80 bits per heavy atom. The molecule has 1 amide bonds. The van der Waals surface area contributed by atoms with E-state index >= 15 is 0 Å². The molecule has 25 heavy (non-hydrogen) atoms. The predicted molar refractivity (Wildman–Crippen MR) is 97.8 cm³/mol. The third kappa shape index (κ3) is 4.05. The van der Waals surface area contributed by atoms with E-state index in [1.54, 1.807) is 0 Å². The molecule has 0 radical (unpaired) electrons. The number of nitrogens with one attached hydrogen (secondary N) is 1. The summed E-state index contributed by atoms with van der Waals surface area (Å²) in [4.78, 5) is 12.5. The van der Waals surface area contributed by atoms with Gasteiger partial charge in [-0.2, -0.15) is 4.31 Å². The largest absolute Gasteiger partial charge is 0.299 e. The van der Waals surface area contributed by atoms with E-state index in [4.69, 9.17) is 0 Å². The molecule has 7 nitrogen and oxygen atoms in total. The zero-order valence-corrected chi connectivity index (χ0v) is 15.5. The van der Waals surface area contributed by atoms with Crippen LogP contribution in [0.5, 0.6) is 0 Å². The first-order valence-corrected chi connectivity index (χ1v) is 10.6. The fourth-order valence-electron chi connectivity index (χ4n) is 2.87. The van der Waals surface area contributed by atoms with Crippen LogP contribution in [0.25, 0.3) is 10.6 Å². The molecule has 9 heteroatoms. The van der Waals surface area contributed by atoms with Gasteiger partial charge in [-0.05, 0) is 19.3 Å². The van der Waals surface area contributed by atoms with Crippen molar-refractivity contribution in [3.8, 4) is 10.6 Å². The van der Waals surface area contributed by atoms with Crippen molar-refractivity contribution >= 4 is 32.4 Å².